The summed E-state index contributed by atoms with van der Waals surface area (Å²) in [6, 6.07) is 5.48. The van der Waals surface area contributed by atoms with Crippen molar-refractivity contribution in [3.8, 4) is 0 Å². The summed E-state index contributed by atoms with van der Waals surface area (Å²) >= 11 is 0. The van der Waals surface area contributed by atoms with Gasteiger partial charge in [-0.25, -0.2) is 8.42 Å². The van der Waals surface area contributed by atoms with Crippen LogP contribution in [0, 0.1) is 11.8 Å². The van der Waals surface area contributed by atoms with Gasteiger partial charge in [-0.2, -0.15) is 4.31 Å². The molecule has 21 heavy (non-hydrogen) atoms. The summed E-state index contributed by atoms with van der Waals surface area (Å²) in [6.45, 7) is 6.66. The third-order valence-corrected chi connectivity index (χ3v) is 6.76. The molecule has 1 saturated heterocycles. The van der Waals surface area contributed by atoms with Gasteiger partial charge in [0.15, 0.2) is 0 Å². The summed E-state index contributed by atoms with van der Waals surface area (Å²) in [5.41, 5.74) is 2.20. The van der Waals surface area contributed by atoms with Crippen LogP contribution in [0.25, 0.3) is 0 Å². The van der Waals surface area contributed by atoms with Gasteiger partial charge >= 0.3 is 0 Å². The van der Waals surface area contributed by atoms with Crippen molar-refractivity contribution < 1.29 is 8.42 Å². The van der Waals surface area contributed by atoms with Crippen LogP contribution in [-0.4, -0.2) is 32.4 Å². The number of nitrogens with one attached hydrogen (secondary N) is 1. The smallest absolute Gasteiger partial charge is 0.243 e. The van der Waals surface area contributed by atoms with Crippen LogP contribution in [0.5, 0.6) is 0 Å². The summed E-state index contributed by atoms with van der Waals surface area (Å²) in [5, 5.41) is 3.27. The lowest BCUT2D eigenvalue weighted by molar-refractivity contribution is 0.226. The Bertz CT molecular complexity index is 617. The molecule has 0 aromatic heterocycles. The van der Waals surface area contributed by atoms with Crippen LogP contribution in [0.2, 0.25) is 0 Å². The van der Waals surface area contributed by atoms with Crippen molar-refractivity contribution in [3.05, 3.63) is 23.8 Å². The first-order valence-corrected chi connectivity index (χ1v) is 9.29. The highest BCUT2D eigenvalue weighted by Crippen LogP contribution is 2.30. The fourth-order valence-electron chi connectivity index (χ4n) is 3.37. The van der Waals surface area contributed by atoms with Crippen molar-refractivity contribution in [1.82, 2.24) is 4.31 Å². The lowest BCUT2D eigenvalue weighted by Gasteiger charge is -2.33. The average Bonchev–Trinajstić information content (AvgIpc) is 2.94. The van der Waals surface area contributed by atoms with Gasteiger partial charge < -0.3 is 5.32 Å². The molecule has 1 fully saturated rings. The Balaban J connectivity index is 1.78. The van der Waals surface area contributed by atoms with Crippen molar-refractivity contribution in [3.63, 3.8) is 0 Å². The summed E-state index contributed by atoms with van der Waals surface area (Å²) < 4.78 is 27.2. The predicted octanol–water partition coefficient (Wildman–Crippen LogP) is 2.71. The predicted molar refractivity (Wildman–Crippen MR) is 85.0 cm³/mol. The molecule has 2 aliphatic rings. The van der Waals surface area contributed by atoms with Crippen molar-refractivity contribution in [1.29, 1.82) is 0 Å². The van der Waals surface area contributed by atoms with Gasteiger partial charge in [-0.15, -0.1) is 0 Å². The van der Waals surface area contributed by atoms with E-state index in [1.807, 2.05) is 12.1 Å². The normalized spacial score (nSPS) is 20.5. The molecule has 0 amide bonds. The zero-order valence-electron chi connectivity index (χ0n) is 12.8. The van der Waals surface area contributed by atoms with Crippen molar-refractivity contribution >= 4 is 15.7 Å². The molecule has 0 unspecified atom stereocenters. The second-order valence-corrected chi connectivity index (χ2v) is 8.42. The van der Waals surface area contributed by atoms with Crippen molar-refractivity contribution in [2.24, 2.45) is 11.8 Å². The molecule has 2 aliphatic heterocycles. The number of nitrogens with zero attached hydrogens (tertiary/aromatic N) is 1. The summed E-state index contributed by atoms with van der Waals surface area (Å²) in [6.07, 6.45) is 2.86. The third-order valence-electron chi connectivity index (χ3n) is 4.87. The van der Waals surface area contributed by atoms with Crippen molar-refractivity contribution in [2.75, 3.05) is 25.0 Å². The molecule has 0 bridgehead atoms. The van der Waals surface area contributed by atoms with E-state index in [0.717, 1.165) is 37.1 Å². The average molecular weight is 308 g/mol. The highest BCUT2D eigenvalue weighted by Gasteiger charge is 2.30. The van der Waals surface area contributed by atoms with Gasteiger partial charge in [0.1, 0.15) is 0 Å². The summed E-state index contributed by atoms with van der Waals surface area (Å²) in [4.78, 5) is 0.452. The number of rotatable bonds is 3. The third kappa shape index (κ3) is 2.81. The van der Waals surface area contributed by atoms with Gasteiger partial charge in [-0.1, -0.05) is 13.8 Å². The lowest BCUT2D eigenvalue weighted by atomic mass is 9.87. The minimum absolute atomic E-state index is 0.452. The molecule has 0 atom stereocenters. The monoisotopic (exact) mass is 308 g/mol. The Morgan fingerprint density at radius 2 is 1.95 bits per heavy atom. The number of benzene rings is 1. The van der Waals surface area contributed by atoms with E-state index < -0.39 is 10.0 Å². The molecular weight excluding hydrogens is 284 g/mol. The quantitative estimate of drug-likeness (QED) is 0.934. The standard InChI is InChI=1S/C16H24N2O2S/c1-12(2)13-6-9-18(10-7-13)21(19,20)15-3-4-16-14(11-15)5-8-17-16/h3-4,11-13,17H,5-10H2,1-2H3. The maximum atomic E-state index is 12.8. The maximum Gasteiger partial charge on any atom is 0.243 e. The molecule has 2 heterocycles. The first-order chi connectivity index (χ1) is 9.98. The molecule has 1 N–H and O–H groups in total. The second-order valence-electron chi connectivity index (χ2n) is 6.48. The van der Waals surface area contributed by atoms with E-state index in [2.05, 4.69) is 19.2 Å². The minimum Gasteiger partial charge on any atom is -0.384 e. The number of hydrogen-bond acceptors (Lipinski definition) is 3. The number of fused-ring (bicyclic) bond motifs is 1. The van der Waals surface area contributed by atoms with E-state index in [-0.39, 0.29) is 0 Å². The SMILES string of the molecule is CC(C)C1CCN(S(=O)(=O)c2ccc3c(c2)CCN3)CC1. The largest absolute Gasteiger partial charge is 0.384 e. The second kappa shape index (κ2) is 5.61. The van der Waals surface area contributed by atoms with Crippen molar-refractivity contribution in [2.45, 2.75) is 38.0 Å². The molecule has 0 saturated carbocycles. The van der Waals surface area contributed by atoms with Crippen LogP contribution in [0.3, 0.4) is 0 Å². The molecule has 116 valence electrons. The number of anilines is 1. The molecule has 3 rings (SSSR count). The van der Waals surface area contributed by atoms with E-state index in [0.29, 0.717) is 29.8 Å². The van der Waals surface area contributed by atoms with Gasteiger partial charge in [0.2, 0.25) is 10.0 Å². The van der Waals surface area contributed by atoms with Gasteiger partial charge in [-0.05, 0) is 54.9 Å². The summed E-state index contributed by atoms with van der Waals surface area (Å²) in [7, 11) is -3.33. The fraction of sp³-hybridized carbons (Fsp3) is 0.625. The van der Waals surface area contributed by atoms with E-state index in [9.17, 15) is 8.42 Å². The first kappa shape index (κ1) is 14.9. The molecule has 1 aromatic rings. The van der Waals surface area contributed by atoms with Crippen LogP contribution in [0.15, 0.2) is 23.1 Å². The maximum absolute atomic E-state index is 12.8. The minimum atomic E-state index is -3.33. The van der Waals surface area contributed by atoms with Gasteiger partial charge in [-0.3, -0.25) is 0 Å². The van der Waals surface area contributed by atoms with E-state index >= 15 is 0 Å². The topological polar surface area (TPSA) is 49.4 Å². The van der Waals surface area contributed by atoms with E-state index in [1.165, 1.54) is 0 Å². The molecule has 0 spiro atoms. The van der Waals surface area contributed by atoms with Gasteiger partial charge in [0.05, 0.1) is 4.90 Å². The Kier molecular flexibility index (Phi) is 3.97. The fourth-order valence-corrected chi connectivity index (χ4v) is 4.89. The molecule has 0 aliphatic carbocycles. The Hall–Kier alpha value is -1.07. The molecule has 4 nitrogen and oxygen atoms in total. The molecule has 0 radical (unpaired) electrons. The van der Waals surface area contributed by atoms with Crippen LogP contribution >= 0.6 is 0 Å². The van der Waals surface area contributed by atoms with Crippen LogP contribution in [-0.2, 0) is 16.4 Å². The Morgan fingerprint density at radius 3 is 2.62 bits per heavy atom. The highest BCUT2D eigenvalue weighted by molar-refractivity contribution is 7.89. The van der Waals surface area contributed by atoms with E-state index in [1.54, 1.807) is 10.4 Å². The number of piperidine rings is 1. The highest BCUT2D eigenvalue weighted by atomic mass is 32.2. The van der Waals surface area contributed by atoms with E-state index in [4.69, 9.17) is 0 Å². The number of sulfonamides is 1. The van der Waals surface area contributed by atoms with Crippen LogP contribution in [0.4, 0.5) is 5.69 Å². The van der Waals surface area contributed by atoms with Crippen LogP contribution in [0.1, 0.15) is 32.3 Å². The van der Waals surface area contributed by atoms with Crippen LogP contribution < -0.4 is 5.32 Å². The number of hydrogen-bond donors (Lipinski definition) is 1. The lowest BCUT2D eigenvalue weighted by Crippen LogP contribution is -2.39. The zero-order chi connectivity index (χ0) is 15.0. The molecular formula is C16H24N2O2S. The van der Waals surface area contributed by atoms with Gasteiger partial charge in [0.25, 0.3) is 0 Å². The zero-order valence-corrected chi connectivity index (χ0v) is 13.6. The molecule has 1 aromatic carbocycles. The Labute approximate surface area is 127 Å². The summed E-state index contributed by atoms with van der Waals surface area (Å²) in [5.74, 6) is 1.29. The molecule has 5 heteroatoms. The first-order valence-electron chi connectivity index (χ1n) is 7.85. The Morgan fingerprint density at radius 1 is 1.24 bits per heavy atom. The van der Waals surface area contributed by atoms with Gasteiger partial charge in [0, 0.05) is 25.3 Å².